The molecule has 0 aliphatic rings. The second-order valence-electron chi connectivity index (χ2n) is 2.64. The molecule has 2 N–H and O–H groups in total. The van der Waals surface area contributed by atoms with E-state index in [4.69, 9.17) is 10.5 Å². The van der Waals surface area contributed by atoms with Crippen molar-refractivity contribution in [3.8, 4) is 5.75 Å². The lowest BCUT2D eigenvalue weighted by Crippen LogP contribution is -2.12. The molecule has 0 amide bonds. The number of nitrogens with two attached hydrogens (primary N) is 1. The third-order valence-electron chi connectivity index (χ3n) is 1.51. The van der Waals surface area contributed by atoms with E-state index in [1.165, 1.54) is 6.07 Å². The van der Waals surface area contributed by atoms with E-state index in [2.05, 4.69) is 28.1 Å². The number of hydrogen-bond donors (Lipinski definition) is 1. The Labute approximate surface area is 95.4 Å². The molecule has 0 saturated heterocycles. The normalized spacial score (nSPS) is 9.86. The lowest BCUT2D eigenvalue weighted by Gasteiger charge is -2.05. The summed E-state index contributed by atoms with van der Waals surface area (Å²) in [5.74, 6) is 0.125. The average Bonchev–Trinajstić information content (AvgIpc) is 2.10. The highest BCUT2D eigenvalue weighted by molar-refractivity contribution is 9.10. The first-order valence-electron chi connectivity index (χ1n) is 3.96. The fourth-order valence-electron chi connectivity index (χ4n) is 0.836. The van der Waals surface area contributed by atoms with Crippen LogP contribution in [-0.2, 0) is 0 Å². The lowest BCUT2D eigenvalue weighted by molar-refractivity contribution is 0.327. The molecule has 76 valence electrons. The van der Waals surface area contributed by atoms with Crippen LogP contribution in [0.1, 0.15) is 6.42 Å². The molecule has 1 aromatic rings. The van der Waals surface area contributed by atoms with Crippen molar-refractivity contribution >= 4 is 33.1 Å². The van der Waals surface area contributed by atoms with E-state index in [-0.39, 0.29) is 5.82 Å². The monoisotopic (exact) mass is 277 g/mol. The lowest BCUT2D eigenvalue weighted by atomic mass is 10.3. The van der Waals surface area contributed by atoms with Gasteiger partial charge >= 0.3 is 0 Å². The summed E-state index contributed by atoms with van der Waals surface area (Å²) >= 11 is 7.72. The summed E-state index contributed by atoms with van der Waals surface area (Å²) in [7, 11) is 0. The number of benzene rings is 1. The Kier molecular flexibility index (Phi) is 4.28. The number of rotatable bonds is 4. The van der Waals surface area contributed by atoms with Crippen LogP contribution in [-0.4, -0.2) is 11.6 Å². The smallest absolute Gasteiger partial charge is 0.141 e. The Morgan fingerprint density at radius 3 is 2.86 bits per heavy atom. The fourth-order valence-corrected chi connectivity index (χ4v) is 1.17. The van der Waals surface area contributed by atoms with Crippen molar-refractivity contribution < 1.29 is 9.13 Å². The minimum Gasteiger partial charge on any atom is -0.493 e. The first kappa shape index (κ1) is 11.4. The zero-order chi connectivity index (χ0) is 10.6. The number of halogens is 2. The largest absolute Gasteiger partial charge is 0.493 e. The molecule has 0 aromatic heterocycles. The standard InChI is InChI=1S/C9H9BrFNOS/c10-7-2-1-6(5-8(7)11)13-4-3-9(12)14/h1-2,5H,3-4H2,(H2,12,14). The van der Waals surface area contributed by atoms with Gasteiger partial charge in [-0.3, -0.25) is 0 Å². The van der Waals surface area contributed by atoms with Crippen molar-refractivity contribution in [2.45, 2.75) is 6.42 Å². The Morgan fingerprint density at radius 2 is 2.29 bits per heavy atom. The highest BCUT2D eigenvalue weighted by atomic mass is 79.9. The second-order valence-corrected chi connectivity index (χ2v) is 4.02. The van der Waals surface area contributed by atoms with E-state index in [1.54, 1.807) is 12.1 Å². The molecule has 1 rings (SSSR count). The van der Waals surface area contributed by atoms with Crippen LogP contribution in [0.15, 0.2) is 22.7 Å². The topological polar surface area (TPSA) is 35.2 Å². The molecular weight excluding hydrogens is 269 g/mol. The minimum absolute atomic E-state index is 0.349. The van der Waals surface area contributed by atoms with E-state index in [1.807, 2.05) is 0 Å². The van der Waals surface area contributed by atoms with Gasteiger partial charge in [0.25, 0.3) is 0 Å². The molecule has 0 saturated carbocycles. The predicted octanol–water partition coefficient (Wildman–Crippen LogP) is 2.64. The molecule has 0 heterocycles. The van der Waals surface area contributed by atoms with Crippen molar-refractivity contribution in [1.29, 1.82) is 0 Å². The van der Waals surface area contributed by atoms with Crippen LogP contribution in [0.25, 0.3) is 0 Å². The van der Waals surface area contributed by atoms with E-state index in [0.717, 1.165) is 0 Å². The second kappa shape index (κ2) is 5.26. The van der Waals surface area contributed by atoms with Gasteiger partial charge in [0.05, 0.1) is 16.1 Å². The first-order valence-corrected chi connectivity index (χ1v) is 5.16. The van der Waals surface area contributed by atoms with E-state index in [0.29, 0.717) is 28.2 Å². The highest BCUT2D eigenvalue weighted by Crippen LogP contribution is 2.20. The van der Waals surface area contributed by atoms with Gasteiger partial charge < -0.3 is 10.5 Å². The van der Waals surface area contributed by atoms with Crippen LogP contribution < -0.4 is 10.5 Å². The van der Waals surface area contributed by atoms with Gasteiger partial charge in [-0.25, -0.2) is 4.39 Å². The zero-order valence-corrected chi connectivity index (χ0v) is 9.70. The molecule has 5 heteroatoms. The summed E-state index contributed by atoms with van der Waals surface area (Å²) < 4.78 is 18.6. The van der Waals surface area contributed by atoms with E-state index in [9.17, 15) is 4.39 Å². The maximum atomic E-state index is 13.0. The quantitative estimate of drug-likeness (QED) is 0.860. The molecular formula is C9H9BrFNOS. The summed E-state index contributed by atoms with van der Waals surface area (Å²) in [6.07, 6.45) is 0.493. The van der Waals surface area contributed by atoms with E-state index < -0.39 is 0 Å². The van der Waals surface area contributed by atoms with Crippen molar-refractivity contribution in [3.63, 3.8) is 0 Å². The average molecular weight is 278 g/mol. The minimum atomic E-state index is -0.349. The van der Waals surface area contributed by atoms with Gasteiger partial charge in [0.1, 0.15) is 11.6 Å². The molecule has 1 aromatic carbocycles. The molecule has 0 unspecified atom stereocenters. The van der Waals surface area contributed by atoms with Crippen molar-refractivity contribution in [1.82, 2.24) is 0 Å². The Balaban J connectivity index is 2.51. The predicted molar refractivity (Wildman–Crippen MR) is 61.0 cm³/mol. The van der Waals surface area contributed by atoms with Gasteiger partial charge in [-0.15, -0.1) is 0 Å². The molecule has 0 aliphatic heterocycles. The fraction of sp³-hybridized carbons (Fsp3) is 0.222. The van der Waals surface area contributed by atoms with Gasteiger partial charge in [0.2, 0.25) is 0 Å². The molecule has 0 radical (unpaired) electrons. The SMILES string of the molecule is NC(=S)CCOc1ccc(Br)c(F)c1. The first-order chi connectivity index (χ1) is 6.59. The van der Waals surface area contributed by atoms with Crippen LogP contribution in [0.2, 0.25) is 0 Å². The summed E-state index contributed by atoms with van der Waals surface area (Å²) in [4.78, 5) is 0.391. The molecule has 0 aliphatic carbocycles. The van der Waals surface area contributed by atoms with Crippen molar-refractivity contribution in [2.24, 2.45) is 5.73 Å². The zero-order valence-electron chi connectivity index (χ0n) is 7.30. The summed E-state index contributed by atoms with van der Waals surface area (Å²) in [6, 6.07) is 4.57. The Bertz CT molecular complexity index is 346. The van der Waals surface area contributed by atoms with Gasteiger partial charge in [-0.05, 0) is 28.1 Å². The maximum Gasteiger partial charge on any atom is 0.141 e. The van der Waals surface area contributed by atoms with Crippen molar-refractivity contribution in [2.75, 3.05) is 6.61 Å². The van der Waals surface area contributed by atoms with Gasteiger partial charge in [0.15, 0.2) is 0 Å². The van der Waals surface area contributed by atoms with Crippen LogP contribution in [0.3, 0.4) is 0 Å². The van der Waals surface area contributed by atoms with E-state index >= 15 is 0 Å². The number of thiocarbonyl (C=S) groups is 1. The van der Waals surface area contributed by atoms with Crippen LogP contribution >= 0.6 is 28.1 Å². The molecule has 0 fully saturated rings. The van der Waals surface area contributed by atoms with Gasteiger partial charge in [-0.2, -0.15) is 0 Å². The Morgan fingerprint density at radius 1 is 1.57 bits per heavy atom. The highest BCUT2D eigenvalue weighted by Gasteiger charge is 2.01. The van der Waals surface area contributed by atoms with Crippen LogP contribution in [0, 0.1) is 5.82 Å². The third-order valence-corrected chi connectivity index (χ3v) is 2.36. The van der Waals surface area contributed by atoms with Crippen LogP contribution in [0.5, 0.6) is 5.75 Å². The van der Waals surface area contributed by atoms with Gasteiger partial charge in [-0.1, -0.05) is 12.2 Å². The van der Waals surface area contributed by atoms with Crippen molar-refractivity contribution in [3.05, 3.63) is 28.5 Å². The Hall–Kier alpha value is -0.680. The summed E-state index contributed by atoms with van der Waals surface area (Å²) in [5.41, 5.74) is 5.28. The summed E-state index contributed by atoms with van der Waals surface area (Å²) in [5, 5.41) is 0. The molecule has 0 atom stereocenters. The third kappa shape index (κ3) is 3.59. The molecule has 0 spiro atoms. The number of ether oxygens (including phenoxy) is 1. The molecule has 14 heavy (non-hydrogen) atoms. The molecule has 2 nitrogen and oxygen atoms in total. The number of hydrogen-bond acceptors (Lipinski definition) is 2. The van der Waals surface area contributed by atoms with Crippen LogP contribution in [0.4, 0.5) is 4.39 Å². The van der Waals surface area contributed by atoms with Gasteiger partial charge in [0, 0.05) is 12.5 Å². The molecule has 0 bridgehead atoms. The summed E-state index contributed by atoms with van der Waals surface area (Å²) in [6.45, 7) is 0.371. The maximum absolute atomic E-state index is 13.0.